The Labute approximate surface area is 153 Å². The van der Waals surface area contributed by atoms with E-state index in [0.29, 0.717) is 6.54 Å². The van der Waals surface area contributed by atoms with Gasteiger partial charge in [-0.25, -0.2) is 0 Å². The monoisotopic (exact) mass is 349 g/mol. The fourth-order valence-electron chi connectivity index (χ4n) is 2.93. The van der Waals surface area contributed by atoms with Crippen molar-refractivity contribution in [2.45, 2.75) is 12.8 Å². The molecule has 0 aromatic heterocycles. The van der Waals surface area contributed by atoms with E-state index in [4.69, 9.17) is 9.47 Å². The number of benzene rings is 3. The summed E-state index contributed by atoms with van der Waals surface area (Å²) in [5, 5.41) is 5.02. The fourth-order valence-corrected chi connectivity index (χ4v) is 2.93. The number of amides is 1. The number of carbonyl (C=O) groups is 1. The van der Waals surface area contributed by atoms with E-state index in [-0.39, 0.29) is 12.5 Å². The zero-order valence-electron chi connectivity index (χ0n) is 14.9. The van der Waals surface area contributed by atoms with E-state index in [1.165, 1.54) is 0 Å². The first-order valence-electron chi connectivity index (χ1n) is 8.77. The minimum atomic E-state index is -0.113. The van der Waals surface area contributed by atoms with Crippen molar-refractivity contribution < 1.29 is 14.3 Å². The molecule has 134 valence electrons. The lowest BCUT2D eigenvalue weighted by molar-refractivity contribution is -0.123. The van der Waals surface area contributed by atoms with Gasteiger partial charge in [-0.3, -0.25) is 4.79 Å². The van der Waals surface area contributed by atoms with E-state index in [9.17, 15) is 4.79 Å². The highest BCUT2D eigenvalue weighted by atomic mass is 16.5. The third-order valence-electron chi connectivity index (χ3n) is 4.25. The molecule has 0 aliphatic rings. The van der Waals surface area contributed by atoms with Gasteiger partial charge in [0.2, 0.25) is 0 Å². The largest absolute Gasteiger partial charge is 0.496 e. The summed E-state index contributed by atoms with van der Waals surface area (Å²) in [6.45, 7) is 0.623. The molecular weight excluding hydrogens is 326 g/mol. The van der Waals surface area contributed by atoms with Crippen molar-refractivity contribution in [3.63, 3.8) is 0 Å². The molecule has 4 nitrogen and oxygen atoms in total. The van der Waals surface area contributed by atoms with Crippen LogP contribution in [0, 0.1) is 0 Å². The number of hydrogen-bond acceptors (Lipinski definition) is 3. The minimum absolute atomic E-state index is 0.0165. The predicted octanol–water partition coefficient (Wildman–Crippen LogP) is 3.98. The quantitative estimate of drug-likeness (QED) is 0.626. The Bertz CT molecular complexity index is 871. The molecule has 0 saturated heterocycles. The maximum absolute atomic E-state index is 12.0. The Morgan fingerprint density at radius 3 is 2.54 bits per heavy atom. The Kier molecular flexibility index (Phi) is 6.09. The number of para-hydroxylation sites is 1. The summed E-state index contributed by atoms with van der Waals surface area (Å²) < 4.78 is 11.0. The summed E-state index contributed by atoms with van der Waals surface area (Å²) in [7, 11) is 1.67. The normalized spacial score (nSPS) is 10.5. The van der Waals surface area contributed by atoms with Crippen LogP contribution in [0.1, 0.15) is 12.0 Å². The molecule has 0 unspecified atom stereocenters. The standard InChI is InChI=1S/C22H23NO3/c1-25-20-13-5-3-9-18(20)11-7-15-23-22(24)16-26-21-14-6-10-17-8-2-4-12-19(17)21/h2-6,8-10,12-14H,7,11,15-16H2,1H3,(H,23,24). The van der Waals surface area contributed by atoms with Gasteiger partial charge in [0.1, 0.15) is 11.5 Å². The maximum Gasteiger partial charge on any atom is 0.257 e. The van der Waals surface area contributed by atoms with Crippen molar-refractivity contribution >= 4 is 16.7 Å². The van der Waals surface area contributed by atoms with Gasteiger partial charge in [0.15, 0.2) is 6.61 Å². The van der Waals surface area contributed by atoms with E-state index in [0.717, 1.165) is 40.7 Å². The second-order valence-electron chi connectivity index (χ2n) is 6.03. The van der Waals surface area contributed by atoms with Crippen LogP contribution in [0.3, 0.4) is 0 Å². The second kappa shape index (κ2) is 8.90. The smallest absolute Gasteiger partial charge is 0.257 e. The highest BCUT2D eigenvalue weighted by Crippen LogP contribution is 2.25. The SMILES string of the molecule is COc1ccccc1CCCNC(=O)COc1cccc2ccccc12. The van der Waals surface area contributed by atoms with Gasteiger partial charge in [0.05, 0.1) is 7.11 Å². The summed E-state index contributed by atoms with van der Waals surface area (Å²) >= 11 is 0. The number of ether oxygens (including phenoxy) is 2. The maximum atomic E-state index is 12.0. The van der Waals surface area contributed by atoms with E-state index in [1.54, 1.807) is 7.11 Å². The van der Waals surface area contributed by atoms with E-state index in [1.807, 2.05) is 66.7 Å². The summed E-state index contributed by atoms with van der Waals surface area (Å²) in [5.41, 5.74) is 1.15. The lowest BCUT2D eigenvalue weighted by Crippen LogP contribution is -2.29. The molecule has 26 heavy (non-hydrogen) atoms. The predicted molar refractivity (Wildman–Crippen MR) is 104 cm³/mol. The van der Waals surface area contributed by atoms with Gasteiger partial charge in [-0.2, -0.15) is 0 Å². The molecule has 0 spiro atoms. The summed E-state index contributed by atoms with van der Waals surface area (Å²) in [6, 6.07) is 21.8. The van der Waals surface area contributed by atoms with Crippen LogP contribution in [0.15, 0.2) is 66.7 Å². The molecule has 0 aliphatic carbocycles. The molecule has 1 N–H and O–H groups in total. The number of carbonyl (C=O) groups excluding carboxylic acids is 1. The first-order valence-corrected chi connectivity index (χ1v) is 8.77. The van der Waals surface area contributed by atoms with Gasteiger partial charge in [0.25, 0.3) is 5.91 Å². The van der Waals surface area contributed by atoms with Crippen LogP contribution >= 0.6 is 0 Å². The van der Waals surface area contributed by atoms with Crippen LogP contribution < -0.4 is 14.8 Å². The average Bonchev–Trinajstić information content (AvgIpc) is 2.70. The van der Waals surface area contributed by atoms with Gasteiger partial charge in [-0.15, -0.1) is 0 Å². The molecule has 0 bridgehead atoms. The van der Waals surface area contributed by atoms with Gasteiger partial charge >= 0.3 is 0 Å². The van der Waals surface area contributed by atoms with Gasteiger partial charge < -0.3 is 14.8 Å². The molecular formula is C22H23NO3. The van der Waals surface area contributed by atoms with Crippen LogP contribution in [0.2, 0.25) is 0 Å². The Morgan fingerprint density at radius 1 is 0.923 bits per heavy atom. The average molecular weight is 349 g/mol. The van der Waals surface area contributed by atoms with Crippen LogP contribution in [0.5, 0.6) is 11.5 Å². The first-order chi connectivity index (χ1) is 12.8. The zero-order valence-corrected chi connectivity index (χ0v) is 14.9. The number of hydrogen-bond donors (Lipinski definition) is 1. The number of methoxy groups -OCH3 is 1. The fraction of sp³-hybridized carbons (Fsp3) is 0.227. The number of fused-ring (bicyclic) bond motifs is 1. The van der Waals surface area contributed by atoms with Crippen LogP contribution in [-0.2, 0) is 11.2 Å². The van der Waals surface area contributed by atoms with Crippen molar-refractivity contribution in [1.82, 2.24) is 5.32 Å². The molecule has 1 amide bonds. The number of aryl methyl sites for hydroxylation is 1. The van der Waals surface area contributed by atoms with Gasteiger partial charge in [-0.1, -0.05) is 54.6 Å². The van der Waals surface area contributed by atoms with Crippen molar-refractivity contribution in [1.29, 1.82) is 0 Å². The molecule has 4 heteroatoms. The van der Waals surface area contributed by atoms with Crippen LogP contribution in [0.25, 0.3) is 10.8 Å². The van der Waals surface area contributed by atoms with E-state index < -0.39 is 0 Å². The van der Waals surface area contributed by atoms with Crippen molar-refractivity contribution in [2.75, 3.05) is 20.3 Å². The molecule has 0 aliphatic heterocycles. The molecule has 3 aromatic carbocycles. The molecule has 3 aromatic rings. The second-order valence-corrected chi connectivity index (χ2v) is 6.03. The van der Waals surface area contributed by atoms with Crippen molar-refractivity contribution in [3.05, 3.63) is 72.3 Å². The molecule has 0 fully saturated rings. The number of nitrogens with one attached hydrogen (secondary N) is 1. The molecule has 3 rings (SSSR count). The number of rotatable bonds is 8. The Balaban J connectivity index is 1.44. The third kappa shape index (κ3) is 4.54. The van der Waals surface area contributed by atoms with Crippen LogP contribution in [-0.4, -0.2) is 26.2 Å². The minimum Gasteiger partial charge on any atom is -0.496 e. The Morgan fingerprint density at radius 2 is 1.65 bits per heavy atom. The highest BCUT2D eigenvalue weighted by Gasteiger charge is 2.06. The molecule has 0 heterocycles. The van der Waals surface area contributed by atoms with Gasteiger partial charge in [-0.05, 0) is 35.9 Å². The summed E-state index contributed by atoms with van der Waals surface area (Å²) in [4.78, 5) is 12.0. The van der Waals surface area contributed by atoms with E-state index >= 15 is 0 Å². The summed E-state index contributed by atoms with van der Waals surface area (Å²) in [6.07, 6.45) is 1.70. The van der Waals surface area contributed by atoms with Gasteiger partial charge in [0, 0.05) is 11.9 Å². The molecule has 0 radical (unpaired) electrons. The van der Waals surface area contributed by atoms with Crippen molar-refractivity contribution in [3.8, 4) is 11.5 Å². The topological polar surface area (TPSA) is 47.6 Å². The van der Waals surface area contributed by atoms with Crippen molar-refractivity contribution in [2.24, 2.45) is 0 Å². The lowest BCUT2D eigenvalue weighted by atomic mass is 10.1. The molecule has 0 atom stereocenters. The summed E-state index contributed by atoms with van der Waals surface area (Å²) in [5.74, 6) is 1.50. The third-order valence-corrected chi connectivity index (χ3v) is 4.25. The van der Waals surface area contributed by atoms with Crippen LogP contribution in [0.4, 0.5) is 0 Å². The van der Waals surface area contributed by atoms with E-state index in [2.05, 4.69) is 5.32 Å². The zero-order chi connectivity index (χ0) is 18.2. The molecule has 0 saturated carbocycles. The Hall–Kier alpha value is -3.01. The lowest BCUT2D eigenvalue weighted by Gasteiger charge is -2.10. The first kappa shape index (κ1) is 17.8. The highest BCUT2D eigenvalue weighted by molar-refractivity contribution is 5.88.